The molecule has 2 aliphatic rings. The van der Waals surface area contributed by atoms with Gasteiger partial charge in [-0.2, -0.15) is 0 Å². The molecule has 1 saturated carbocycles. The number of nitrogens with one attached hydrogen (secondary N) is 2. The number of anilines is 2. The SMILES string of the molecule is Cc1cc(C)c(NC(=O)CN(CC(=O)O)CC(=O)O)c(C)c1Br.O=C(O)C1C2C=CC(C2)C1C(=O)Nc1ccc(Cl)c(Cl)c1. The van der Waals surface area contributed by atoms with E-state index >= 15 is 0 Å². The minimum Gasteiger partial charge on any atom is -0.481 e. The number of nitrogens with zero attached hydrogens (tertiary/aromatic N) is 1. The molecule has 2 amide bonds. The molecule has 5 N–H and O–H groups in total. The molecule has 0 heterocycles. The van der Waals surface area contributed by atoms with Gasteiger partial charge in [0.2, 0.25) is 11.8 Å². The van der Waals surface area contributed by atoms with Crippen LogP contribution in [0.15, 0.2) is 40.9 Å². The Morgan fingerprint density at radius 1 is 0.841 bits per heavy atom. The molecule has 0 aliphatic heterocycles. The van der Waals surface area contributed by atoms with Crippen molar-refractivity contribution in [2.45, 2.75) is 27.2 Å². The summed E-state index contributed by atoms with van der Waals surface area (Å²) in [5.41, 5.74) is 3.93. The fourth-order valence-corrected chi connectivity index (χ4v) is 6.21. The third-order valence-electron chi connectivity index (χ3n) is 7.46. The van der Waals surface area contributed by atoms with Crippen LogP contribution >= 0.6 is 39.1 Å². The van der Waals surface area contributed by atoms with Crippen molar-refractivity contribution in [3.05, 3.63) is 67.6 Å². The first kappa shape index (κ1) is 35.0. The van der Waals surface area contributed by atoms with Crippen LogP contribution in [-0.4, -0.2) is 69.6 Å². The van der Waals surface area contributed by atoms with Crippen molar-refractivity contribution in [3.8, 4) is 0 Å². The molecular formula is C30H32BrCl2N3O8. The van der Waals surface area contributed by atoms with Crippen LogP contribution in [0.3, 0.4) is 0 Å². The van der Waals surface area contributed by atoms with Gasteiger partial charge >= 0.3 is 17.9 Å². The molecule has 44 heavy (non-hydrogen) atoms. The maximum atomic E-state index is 12.4. The van der Waals surface area contributed by atoms with Crippen molar-refractivity contribution in [2.75, 3.05) is 30.3 Å². The van der Waals surface area contributed by atoms with Crippen LogP contribution in [0.2, 0.25) is 10.0 Å². The molecule has 0 saturated heterocycles. The first-order chi connectivity index (χ1) is 20.6. The summed E-state index contributed by atoms with van der Waals surface area (Å²) in [6.07, 6.45) is 4.59. The third-order valence-corrected chi connectivity index (χ3v) is 9.42. The number of hydrogen-bond donors (Lipinski definition) is 5. The zero-order valence-electron chi connectivity index (χ0n) is 24.1. The van der Waals surface area contributed by atoms with E-state index in [1.54, 1.807) is 18.2 Å². The van der Waals surface area contributed by atoms with Crippen molar-refractivity contribution in [3.63, 3.8) is 0 Å². The first-order valence-corrected chi connectivity index (χ1v) is 15.0. The summed E-state index contributed by atoms with van der Waals surface area (Å²) < 4.78 is 0.881. The van der Waals surface area contributed by atoms with Crippen LogP contribution in [-0.2, 0) is 24.0 Å². The van der Waals surface area contributed by atoms with Crippen molar-refractivity contribution in [1.29, 1.82) is 0 Å². The highest BCUT2D eigenvalue weighted by molar-refractivity contribution is 9.10. The Balaban J connectivity index is 0.000000241. The number of rotatable bonds is 10. The van der Waals surface area contributed by atoms with E-state index in [0.717, 1.165) is 32.5 Å². The zero-order chi connectivity index (χ0) is 32.9. The van der Waals surface area contributed by atoms with Crippen LogP contribution < -0.4 is 10.6 Å². The molecule has 2 aromatic rings. The molecule has 2 bridgehead atoms. The summed E-state index contributed by atoms with van der Waals surface area (Å²) in [5, 5.41) is 33.1. The molecule has 0 radical (unpaired) electrons. The molecule has 4 atom stereocenters. The van der Waals surface area contributed by atoms with Crippen molar-refractivity contribution in [1.82, 2.24) is 4.90 Å². The van der Waals surface area contributed by atoms with Crippen molar-refractivity contribution in [2.24, 2.45) is 23.7 Å². The van der Waals surface area contributed by atoms with Gasteiger partial charge in [0.15, 0.2) is 0 Å². The normalized spacial score (nSPS) is 19.7. The van der Waals surface area contributed by atoms with Crippen LogP contribution in [0.25, 0.3) is 0 Å². The number of carbonyl (C=O) groups is 5. The van der Waals surface area contributed by atoms with E-state index < -0.39 is 48.7 Å². The Bertz CT molecular complexity index is 1500. The van der Waals surface area contributed by atoms with Crippen molar-refractivity contribution < 1.29 is 39.3 Å². The lowest BCUT2D eigenvalue weighted by Gasteiger charge is -2.23. The molecule has 14 heteroatoms. The quantitative estimate of drug-likeness (QED) is 0.207. The number of carboxylic acids is 3. The van der Waals surface area contributed by atoms with Gasteiger partial charge in [0.25, 0.3) is 0 Å². The topological polar surface area (TPSA) is 173 Å². The Kier molecular flexibility index (Phi) is 12.0. The van der Waals surface area contributed by atoms with E-state index in [0.29, 0.717) is 21.4 Å². The molecule has 0 spiro atoms. The van der Waals surface area contributed by atoms with Gasteiger partial charge in [-0.25, -0.2) is 0 Å². The monoisotopic (exact) mass is 711 g/mol. The van der Waals surface area contributed by atoms with Crippen LogP contribution in [0.4, 0.5) is 11.4 Å². The van der Waals surface area contributed by atoms with E-state index in [1.807, 2.05) is 39.0 Å². The Morgan fingerprint density at radius 3 is 1.98 bits per heavy atom. The largest absolute Gasteiger partial charge is 0.481 e. The maximum Gasteiger partial charge on any atom is 0.317 e. The first-order valence-electron chi connectivity index (χ1n) is 13.5. The van der Waals surface area contributed by atoms with Gasteiger partial charge in [-0.05, 0) is 73.9 Å². The lowest BCUT2D eigenvalue weighted by atomic mass is 9.82. The number of fused-ring (bicyclic) bond motifs is 2. The number of amides is 2. The van der Waals surface area contributed by atoms with Crippen LogP contribution in [0, 0.1) is 44.4 Å². The minimum atomic E-state index is -1.19. The molecule has 11 nitrogen and oxygen atoms in total. The van der Waals surface area contributed by atoms with Gasteiger partial charge in [-0.1, -0.05) is 57.4 Å². The number of carbonyl (C=O) groups excluding carboxylic acids is 2. The summed E-state index contributed by atoms with van der Waals surface area (Å²) >= 11 is 15.2. The van der Waals surface area contributed by atoms with E-state index in [4.69, 9.17) is 33.4 Å². The standard InChI is InChI=1S/C15H19BrN2O5.C15H13Cl2NO3/c1-8-4-9(2)15(10(3)14(8)16)17-11(19)5-18(6-12(20)21)7-13(22)23;16-10-4-3-9(6-11(10)17)18-14(19)12-7-1-2-8(5-7)13(12)15(20)21/h4H,5-7H2,1-3H3,(H,17,19)(H,20,21)(H,22,23);1-4,6-8,12-13H,5H2,(H,18,19)(H,20,21). The summed E-state index contributed by atoms with van der Waals surface area (Å²) in [6, 6.07) is 6.71. The van der Waals surface area contributed by atoms with E-state index in [9.17, 15) is 29.1 Å². The maximum absolute atomic E-state index is 12.4. The zero-order valence-corrected chi connectivity index (χ0v) is 27.2. The number of hydrogen-bond acceptors (Lipinski definition) is 6. The number of benzene rings is 2. The van der Waals surface area contributed by atoms with E-state index in [-0.39, 0.29) is 24.3 Å². The van der Waals surface area contributed by atoms with E-state index in [2.05, 4.69) is 26.6 Å². The molecule has 0 aromatic heterocycles. The fourth-order valence-electron chi connectivity index (χ4n) is 5.60. The smallest absolute Gasteiger partial charge is 0.317 e. The molecule has 2 aliphatic carbocycles. The summed E-state index contributed by atoms with van der Waals surface area (Å²) in [5.74, 6) is -5.27. The summed E-state index contributed by atoms with van der Waals surface area (Å²) in [4.78, 5) is 58.5. The van der Waals surface area contributed by atoms with Gasteiger partial charge in [0, 0.05) is 15.8 Å². The number of aliphatic carboxylic acids is 3. The lowest BCUT2D eigenvalue weighted by Crippen LogP contribution is -2.40. The highest BCUT2D eigenvalue weighted by Gasteiger charge is 2.51. The Morgan fingerprint density at radius 2 is 1.43 bits per heavy atom. The third kappa shape index (κ3) is 8.81. The average Bonchev–Trinajstić information content (AvgIpc) is 3.54. The second-order valence-electron chi connectivity index (χ2n) is 10.8. The van der Waals surface area contributed by atoms with E-state index in [1.165, 1.54) is 0 Å². The molecular weight excluding hydrogens is 681 g/mol. The van der Waals surface area contributed by atoms with Gasteiger partial charge in [0.1, 0.15) is 0 Å². The van der Waals surface area contributed by atoms with Gasteiger partial charge in [0.05, 0.1) is 41.5 Å². The highest BCUT2D eigenvalue weighted by atomic mass is 79.9. The minimum absolute atomic E-state index is 0.00104. The molecule has 236 valence electrons. The number of allylic oxidation sites excluding steroid dienone is 2. The van der Waals surface area contributed by atoms with Gasteiger partial charge in [-0.3, -0.25) is 28.9 Å². The molecule has 4 unspecified atom stereocenters. The fraction of sp³-hybridized carbons (Fsp3) is 0.367. The number of halogens is 3. The lowest BCUT2D eigenvalue weighted by molar-refractivity contribution is -0.147. The summed E-state index contributed by atoms with van der Waals surface area (Å²) in [6.45, 7) is 4.30. The van der Waals surface area contributed by atoms with Crippen molar-refractivity contribution >= 4 is 80.2 Å². The van der Waals surface area contributed by atoms with Gasteiger partial charge < -0.3 is 26.0 Å². The van der Waals surface area contributed by atoms with Crippen LogP contribution in [0.1, 0.15) is 23.1 Å². The van der Waals surface area contributed by atoms with Crippen LogP contribution in [0.5, 0.6) is 0 Å². The second-order valence-corrected chi connectivity index (χ2v) is 12.4. The summed E-state index contributed by atoms with van der Waals surface area (Å²) in [7, 11) is 0. The van der Waals surface area contributed by atoms with Gasteiger partial charge in [-0.15, -0.1) is 0 Å². The predicted octanol–water partition coefficient (Wildman–Crippen LogP) is 5.24. The molecule has 2 aromatic carbocycles. The highest BCUT2D eigenvalue weighted by Crippen LogP contribution is 2.48. The number of carboxylic acid groups (broad SMARTS) is 3. The Hall–Kier alpha value is -3.45. The molecule has 4 rings (SSSR count). The average molecular weight is 713 g/mol. The Labute approximate surface area is 272 Å². The number of aryl methyl sites for hydroxylation is 2. The predicted molar refractivity (Wildman–Crippen MR) is 169 cm³/mol. The molecule has 1 fully saturated rings. The second kappa shape index (κ2) is 15.0.